The minimum atomic E-state index is 0.108. The van der Waals surface area contributed by atoms with Gasteiger partial charge in [0.25, 0.3) is 0 Å². The van der Waals surface area contributed by atoms with Crippen molar-refractivity contribution in [3.05, 3.63) is 28.8 Å². The predicted molar refractivity (Wildman–Crippen MR) is 91.1 cm³/mol. The molecular weight excluding hydrogens is 244 g/mol. The largest absolute Gasteiger partial charge is 0.496 e. The highest BCUT2D eigenvalue weighted by Gasteiger charge is 2.27. The van der Waals surface area contributed by atoms with Gasteiger partial charge >= 0.3 is 0 Å². The Morgan fingerprint density at radius 3 is 1.40 bits per heavy atom. The van der Waals surface area contributed by atoms with Gasteiger partial charge in [0.15, 0.2) is 0 Å². The zero-order chi connectivity index (χ0) is 16.1. The van der Waals surface area contributed by atoms with Crippen molar-refractivity contribution < 1.29 is 4.74 Å². The molecule has 0 aliphatic carbocycles. The van der Waals surface area contributed by atoms with Crippen LogP contribution in [0.2, 0.25) is 0 Å². The van der Waals surface area contributed by atoms with E-state index >= 15 is 0 Å². The van der Waals surface area contributed by atoms with Crippen LogP contribution in [0.1, 0.15) is 79.0 Å². The Morgan fingerprint density at radius 2 is 1.20 bits per heavy atom. The molecule has 0 fully saturated rings. The maximum atomic E-state index is 5.73. The molecule has 1 nitrogen and oxygen atoms in total. The molecule has 0 unspecified atom stereocenters. The van der Waals surface area contributed by atoms with Crippen molar-refractivity contribution in [3.63, 3.8) is 0 Å². The van der Waals surface area contributed by atoms with E-state index < -0.39 is 0 Å². The van der Waals surface area contributed by atoms with E-state index in [-0.39, 0.29) is 10.8 Å². The van der Waals surface area contributed by atoms with Gasteiger partial charge in [0.05, 0.1) is 7.11 Å². The quantitative estimate of drug-likeness (QED) is 0.656. The van der Waals surface area contributed by atoms with E-state index in [1.165, 1.54) is 16.7 Å². The molecule has 0 aliphatic heterocycles. The van der Waals surface area contributed by atoms with E-state index in [4.69, 9.17) is 4.74 Å². The normalized spacial score (nSPS) is 11.7. The second-order valence-electron chi connectivity index (χ2n) is 7.08. The Bertz CT molecular complexity index is 381. The first-order valence-corrected chi connectivity index (χ1v) is 7.83. The van der Waals surface area contributed by atoms with Crippen LogP contribution >= 0.6 is 0 Å². The minimum absolute atomic E-state index is 0.108. The fraction of sp³-hybridized carbons (Fsp3) is 0.684. The molecule has 0 saturated carbocycles. The molecule has 1 aromatic carbocycles. The van der Waals surface area contributed by atoms with Gasteiger partial charge in [-0.15, -0.1) is 0 Å². The maximum Gasteiger partial charge on any atom is 0.126 e. The predicted octanol–water partition coefficient (Wildman–Crippen LogP) is 5.88. The second kappa shape index (κ2) is 7.15. The number of hydrogen-bond donors (Lipinski definition) is 0. The molecule has 0 saturated heterocycles. The van der Waals surface area contributed by atoms with Crippen molar-refractivity contribution in [2.24, 2.45) is 0 Å². The molecular formula is C19H34O. The Morgan fingerprint density at radius 1 is 0.850 bits per heavy atom. The summed E-state index contributed by atoms with van der Waals surface area (Å²) >= 11 is 0. The monoisotopic (exact) mass is 278 g/mol. The molecule has 1 heteroatoms. The van der Waals surface area contributed by atoms with Gasteiger partial charge in [0.2, 0.25) is 0 Å². The van der Waals surface area contributed by atoms with Crippen LogP contribution in [0.15, 0.2) is 12.1 Å². The van der Waals surface area contributed by atoms with E-state index in [9.17, 15) is 0 Å². The fourth-order valence-electron chi connectivity index (χ4n) is 2.23. The third kappa shape index (κ3) is 4.54. The molecule has 1 rings (SSSR count). The lowest BCUT2D eigenvalue weighted by Crippen LogP contribution is -2.19. The van der Waals surface area contributed by atoms with Crippen molar-refractivity contribution in [2.45, 2.75) is 79.6 Å². The first-order chi connectivity index (χ1) is 9.11. The highest BCUT2D eigenvalue weighted by Crippen LogP contribution is 2.40. The number of rotatable bonds is 2. The highest BCUT2D eigenvalue weighted by atomic mass is 16.5. The third-order valence-electron chi connectivity index (χ3n) is 3.38. The minimum Gasteiger partial charge on any atom is -0.496 e. The molecule has 20 heavy (non-hydrogen) atoms. The molecule has 0 bridgehead atoms. The lowest BCUT2D eigenvalue weighted by molar-refractivity contribution is 0.381. The van der Waals surface area contributed by atoms with Gasteiger partial charge in [-0.25, -0.2) is 0 Å². The average Bonchev–Trinajstić information content (AvgIpc) is 2.37. The summed E-state index contributed by atoms with van der Waals surface area (Å²) in [5.41, 5.74) is 4.24. The van der Waals surface area contributed by atoms with E-state index in [0.29, 0.717) is 0 Å². The second-order valence-corrected chi connectivity index (χ2v) is 7.08. The summed E-state index contributed by atoms with van der Waals surface area (Å²) in [4.78, 5) is 0. The fourth-order valence-corrected chi connectivity index (χ4v) is 2.23. The summed E-state index contributed by atoms with van der Waals surface area (Å²) in [5, 5.41) is 0. The lowest BCUT2D eigenvalue weighted by Gasteiger charge is -2.29. The molecule has 0 spiro atoms. The molecule has 1 aromatic rings. The Labute approximate surface area is 126 Å². The van der Waals surface area contributed by atoms with Crippen LogP contribution in [0, 0.1) is 0 Å². The first-order valence-electron chi connectivity index (χ1n) is 7.83. The Kier molecular flexibility index (Phi) is 6.80. The van der Waals surface area contributed by atoms with Crippen LogP contribution in [0.4, 0.5) is 0 Å². The van der Waals surface area contributed by atoms with E-state index in [0.717, 1.165) is 12.2 Å². The summed E-state index contributed by atoms with van der Waals surface area (Å²) < 4.78 is 5.73. The van der Waals surface area contributed by atoms with Crippen molar-refractivity contribution in [2.75, 3.05) is 7.11 Å². The van der Waals surface area contributed by atoms with Gasteiger partial charge in [0.1, 0.15) is 5.75 Å². The smallest absolute Gasteiger partial charge is 0.126 e. The third-order valence-corrected chi connectivity index (χ3v) is 3.38. The van der Waals surface area contributed by atoms with Gasteiger partial charge < -0.3 is 4.74 Å². The standard InChI is InChI=1S/C17H28O.C2H6/c1-9-12-10-13(16(2,3)4)15(18-8)14(11-12)17(5,6)7;1-2/h10-11H,9H2,1-8H3;1-2H3. The SMILES string of the molecule is CC.CCc1cc(C(C)(C)C)c(OC)c(C(C)(C)C)c1. The van der Waals surface area contributed by atoms with Crippen molar-refractivity contribution in [1.82, 2.24) is 0 Å². The van der Waals surface area contributed by atoms with Gasteiger partial charge in [0, 0.05) is 11.1 Å². The van der Waals surface area contributed by atoms with E-state index in [1.807, 2.05) is 13.8 Å². The average molecular weight is 278 g/mol. The van der Waals surface area contributed by atoms with Crippen LogP contribution in [0.25, 0.3) is 0 Å². The lowest BCUT2D eigenvalue weighted by atomic mass is 9.78. The van der Waals surface area contributed by atoms with Crippen molar-refractivity contribution in [1.29, 1.82) is 0 Å². The van der Waals surface area contributed by atoms with Gasteiger partial charge in [-0.3, -0.25) is 0 Å². The summed E-state index contributed by atoms with van der Waals surface area (Å²) in [6.07, 6.45) is 1.07. The zero-order valence-electron chi connectivity index (χ0n) is 15.3. The number of benzene rings is 1. The highest BCUT2D eigenvalue weighted by molar-refractivity contribution is 5.50. The van der Waals surface area contributed by atoms with Crippen LogP contribution in [-0.4, -0.2) is 7.11 Å². The molecule has 0 atom stereocenters. The molecule has 0 N–H and O–H groups in total. The number of ether oxygens (including phenoxy) is 1. The van der Waals surface area contributed by atoms with Crippen molar-refractivity contribution >= 4 is 0 Å². The Balaban J connectivity index is 0.00000172. The molecule has 0 aromatic heterocycles. The number of hydrogen-bond acceptors (Lipinski definition) is 1. The van der Waals surface area contributed by atoms with Gasteiger partial charge in [-0.2, -0.15) is 0 Å². The van der Waals surface area contributed by atoms with Crippen molar-refractivity contribution in [3.8, 4) is 5.75 Å². The summed E-state index contributed by atoms with van der Waals surface area (Å²) in [5.74, 6) is 1.06. The molecule has 116 valence electrons. The maximum absolute atomic E-state index is 5.73. The molecule has 0 radical (unpaired) electrons. The summed E-state index contributed by atoms with van der Waals surface area (Å²) in [6, 6.07) is 4.60. The molecule has 0 aliphatic rings. The van der Waals surface area contributed by atoms with Crippen LogP contribution in [-0.2, 0) is 17.3 Å². The first kappa shape index (κ1) is 19.0. The van der Waals surface area contributed by atoms with Gasteiger partial charge in [-0.1, -0.05) is 74.4 Å². The number of methoxy groups -OCH3 is 1. The number of aryl methyl sites for hydroxylation is 1. The topological polar surface area (TPSA) is 9.23 Å². The van der Waals surface area contributed by atoms with E-state index in [1.54, 1.807) is 7.11 Å². The van der Waals surface area contributed by atoms with Crippen LogP contribution in [0.5, 0.6) is 5.75 Å². The van der Waals surface area contributed by atoms with Gasteiger partial charge in [-0.05, 0) is 22.8 Å². The van der Waals surface area contributed by atoms with E-state index in [2.05, 4.69) is 60.6 Å². The molecule has 0 heterocycles. The molecule has 0 amide bonds. The van der Waals surface area contributed by atoms with Crippen LogP contribution in [0.3, 0.4) is 0 Å². The zero-order valence-corrected chi connectivity index (χ0v) is 15.3. The summed E-state index contributed by atoms with van der Waals surface area (Å²) in [6.45, 7) is 19.7. The summed E-state index contributed by atoms with van der Waals surface area (Å²) in [7, 11) is 1.78. The van der Waals surface area contributed by atoms with Crippen LogP contribution < -0.4 is 4.74 Å². The Hall–Kier alpha value is -0.980.